The molecule has 0 spiro atoms. The number of aliphatic carboxylic acids is 1. The van der Waals surface area contributed by atoms with Crippen molar-refractivity contribution in [3.05, 3.63) is 24.3 Å². The molecule has 1 unspecified atom stereocenters. The fourth-order valence-corrected chi connectivity index (χ4v) is 1.43. The number of carbonyl (C=O) groups is 1. The molecule has 0 aromatic heterocycles. The van der Waals surface area contributed by atoms with Crippen molar-refractivity contribution in [2.75, 3.05) is 0 Å². The molecule has 0 saturated heterocycles. The molecule has 0 aliphatic heterocycles. The number of allylic oxidation sites excluding steroid dienone is 2. The van der Waals surface area contributed by atoms with Crippen molar-refractivity contribution >= 4 is 5.97 Å². The van der Waals surface area contributed by atoms with Crippen molar-refractivity contribution in [2.24, 2.45) is 5.92 Å². The monoisotopic (exact) mass is 182 g/mol. The van der Waals surface area contributed by atoms with Crippen LogP contribution in [0.5, 0.6) is 0 Å². The Hall–Kier alpha value is -1.09. The van der Waals surface area contributed by atoms with Gasteiger partial charge >= 0.3 is 5.97 Å². The number of aliphatic hydroxyl groups is 1. The summed E-state index contributed by atoms with van der Waals surface area (Å²) in [6.45, 7) is 1.69. The SMILES string of the molecule is CC1(O)C=CC=C[C@H]1CCC(=O)O. The van der Waals surface area contributed by atoms with Crippen molar-refractivity contribution < 1.29 is 15.0 Å². The third-order valence-corrected chi connectivity index (χ3v) is 2.31. The van der Waals surface area contributed by atoms with Crippen LogP contribution in [-0.4, -0.2) is 21.8 Å². The molecule has 72 valence electrons. The molecule has 2 N–H and O–H groups in total. The Balaban J connectivity index is 2.54. The summed E-state index contributed by atoms with van der Waals surface area (Å²) in [6.07, 6.45) is 7.73. The summed E-state index contributed by atoms with van der Waals surface area (Å²) in [6, 6.07) is 0. The fraction of sp³-hybridized carbons (Fsp3) is 0.500. The Kier molecular flexibility index (Phi) is 2.88. The van der Waals surface area contributed by atoms with Crippen molar-refractivity contribution in [3.8, 4) is 0 Å². The van der Waals surface area contributed by atoms with Crippen molar-refractivity contribution in [3.63, 3.8) is 0 Å². The third kappa shape index (κ3) is 2.70. The summed E-state index contributed by atoms with van der Waals surface area (Å²) in [7, 11) is 0. The van der Waals surface area contributed by atoms with Crippen LogP contribution in [0.25, 0.3) is 0 Å². The van der Waals surface area contributed by atoms with Gasteiger partial charge in [-0.05, 0) is 13.3 Å². The molecule has 0 aromatic carbocycles. The topological polar surface area (TPSA) is 57.5 Å². The van der Waals surface area contributed by atoms with E-state index in [4.69, 9.17) is 5.11 Å². The minimum absolute atomic E-state index is 0.0893. The van der Waals surface area contributed by atoms with Crippen LogP contribution in [0, 0.1) is 5.92 Å². The molecule has 13 heavy (non-hydrogen) atoms. The van der Waals surface area contributed by atoms with Crippen LogP contribution in [0.1, 0.15) is 19.8 Å². The van der Waals surface area contributed by atoms with E-state index >= 15 is 0 Å². The highest BCUT2D eigenvalue weighted by Gasteiger charge is 2.28. The quantitative estimate of drug-likeness (QED) is 0.692. The van der Waals surface area contributed by atoms with Gasteiger partial charge in [0, 0.05) is 12.3 Å². The molecule has 0 heterocycles. The average molecular weight is 182 g/mol. The lowest BCUT2D eigenvalue weighted by Gasteiger charge is -2.29. The van der Waals surface area contributed by atoms with Crippen LogP contribution in [0.4, 0.5) is 0 Å². The summed E-state index contributed by atoms with van der Waals surface area (Å²) < 4.78 is 0. The van der Waals surface area contributed by atoms with Crippen molar-refractivity contribution in [2.45, 2.75) is 25.4 Å². The Labute approximate surface area is 77.4 Å². The zero-order valence-electron chi connectivity index (χ0n) is 7.60. The van der Waals surface area contributed by atoms with Gasteiger partial charge in [-0.25, -0.2) is 0 Å². The lowest BCUT2D eigenvalue weighted by Crippen LogP contribution is -2.32. The number of rotatable bonds is 3. The van der Waals surface area contributed by atoms with Crippen LogP contribution in [0.2, 0.25) is 0 Å². The van der Waals surface area contributed by atoms with E-state index in [0.29, 0.717) is 6.42 Å². The second-order valence-corrected chi connectivity index (χ2v) is 3.51. The van der Waals surface area contributed by atoms with Gasteiger partial charge in [0.1, 0.15) is 0 Å². The zero-order valence-corrected chi connectivity index (χ0v) is 7.60. The van der Waals surface area contributed by atoms with E-state index in [2.05, 4.69) is 0 Å². The van der Waals surface area contributed by atoms with Crippen LogP contribution >= 0.6 is 0 Å². The third-order valence-electron chi connectivity index (χ3n) is 2.31. The summed E-state index contributed by atoms with van der Waals surface area (Å²) >= 11 is 0. The summed E-state index contributed by atoms with van der Waals surface area (Å²) in [5, 5.41) is 18.3. The number of carboxylic acids is 1. The number of hydrogen-bond acceptors (Lipinski definition) is 2. The maximum Gasteiger partial charge on any atom is 0.303 e. The first-order valence-corrected chi connectivity index (χ1v) is 4.32. The second-order valence-electron chi connectivity index (χ2n) is 3.51. The van der Waals surface area contributed by atoms with E-state index in [1.807, 2.05) is 12.2 Å². The zero-order chi connectivity index (χ0) is 9.90. The van der Waals surface area contributed by atoms with E-state index in [1.54, 1.807) is 19.1 Å². The van der Waals surface area contributed by atoms with Crippen LogP contribution in [0.3, 0.4) is 0 Å². The largest absolute Gasteiger partial charge is 0.481 e. The molecule has 0 aromatic rings. The smallest absolute Gasteiger partial charge is 0.303 e. The first kappa shape index (κ1) is 9.99. The standard InChI is InChI=1S/C10H14O3/c1-10(13)7-3-2-4-8(10)5-6-9(11)12/h2-4,7-8,13H,5-6H2,1H3,(H,11,12)/t8-,10?/m0/s1. The highest BCUT2D eigenvalue weighted by Crippen LogP contribution is 2.27. The van der Waals surface area contributed by atoms with Gasteiger partial charge in [0.2, 0.25) is 0 Å². The lowest BCUT2D eigenvalue weighted by molar-refractivity contribution is -0.137. The first-order chi connectivity index (χ1) is 6.02. The molecule has 3 nitrogen and oxygen atoms in total. The van der Waals surface area contributed by atoms with Gasteiger partial charge in [-0.15, -0.1) is 0 Å². The molecule has 1 rings (SSSR count). The number of hydrogen-bond donors (Lipinski definition) is 2. The van der Waals surface area contributed by atoms with Gasteiger partial charge in [0.15, 0.2) is 0 Å². The van der Waals surface area contributed by atoms with E-state index in [-0.39, 0.29) is 12.3 Å². The summed E-state index contributed by atoms with van der Waals surface area (Å²) in [5.74, 6) is -0.910. The van der Waals surface area contributed by atoms with E-state index < -0.39 is 11.6 Å². The molecule has 0 radical (unpaired) electrons. The average Bonchev–Trinajstić information content (AvgIpc) is 2.01. The number of carboxylic acid groups (broad SMARTS) is 1. The van der Waals surface area contributed by atoms with Gasteiger partial charge in [-0.3, -0.25) is 4.79 Å². The molecule has 0 amide bonds. The molecular weight excluding hydrogens is 168 g/mol. The highest BCUT2D eigenvalue weighted by atomic mass is 16.4. The molecule has 1 aliphatic rings. The summed E-state index contributed by atoms with van der Waals surface area (Å²) in [5.41, 5.74) is -0.899. The van der Waals surface area contributed by atoms with Gasteiger partial charge in [0.05, 0.1) is 5.60 Å². The fourth-order valence-electron chi connectivity index (χ4n) is 1.43. The minimum atomic E-state index is -0.899. The Morgan fingerprint density at radius 2 is 2.23 bits per heavy atom. The Bertz CT molecular complexity index is 251. The predicted octanol–water partition coefficient (Wildman–Crippen LogP) is 1.34. The Morgan fingerprint density at radius 3 is 2.77 bits per heavy atom. The van der Waals surface area contributed by atoms with E-state index in [1.165, 1.54) is 0 Å². The van der Waals surface area contributed by atoms with Crippen molar-refractivity contribution in [1.82, 2.24) is 0 Å². The molecule has 1 aliphatic carbocycles. The van der Waals surface area contributed by atoms with Gasteiger partial charge in [0.25, 0.3) is 0 Å². The molecule has 2 atom stereocenters. The van der Waals surface area contributed by atoms with Crippen molar-refractivity contribution in [1.29, 1.82) is 0 Å². The van der Waals surface area contributed by atoms with Crippen LogP contribution in [-0.2, 0) is 4.79 Å². The molecular formula is C10H14O3. The molecule has 0 bridgehead atoms. The minimum Gasteiger partial charge on any atom is -0.481 e. The van der Waals surface area contributed by atoms with Crippen LogP contribution in [0.15, 0.2) is 24.3 Å². The molecule has 3 heteroatoms. The second kappa shape index (κ2) is 3.75. The molecule has 0 fully saturated rings. The van der Waals surface area contributed by atoms with Crippen LogP contribution < -0.4 is 0 Å². The van der Waals surface area contributed by atoms with Gasteiger partial charge in [-0.2, -0.15) is 0 Å². The van der Waals surface area contributed by atoms with Gasteiger partial charge < -0.3 is 10.2 Å². The lowest BCUT2D eigenvalue weighted by atomic mass is 9.82. The first-order valence-electron chi connectivity index (χ1n) is 4.32. The maximum absolute atomic E-state index is 10.3. The maximum atomic E-state index is 10.3. The van der Waals surface area contributed by atoms with E-state index in [0.717, 1.165) is 0 Å². The van der Waals surface area contributed by atoms with Gasteiger partial charge in [-0.1, -0.05) is 24.3 Å². The highest BCUT2D eigenvalue weighted by molar-refractivity contribution is 5.66. The molecule has 0 saturated carbocycles. The summed E-state index contributed by atoms with van der Waals surface area (Å²) in [4.78, 5) is 10.3. The van der Waals surface area contributed by atoms with E-state index in [9.17, 15) is 9.90 Å². The predicted molar refractivity (Wildman–Crippen MR) is 49.3 cm³/mol. The Morgan fingerprint density at radius 1 is 1.54 bits per heavy atom. The normalized spacial score (nSPS) is 32.0.